The van der Waals surface area contributed by atoms with Gasteiger partial charge in [-0.3, -0.25) is 0 Å². The molecule has 1 aromatic carbocycles. The minimum absolute atomic E-state index is 0.320. The van der Waals surface area contributed by atoms with E-state index in [1.54, 1.807) is 19.1 Å². The first kappa shape index (κ1) is 9.52. The lowest BCUT2D eigenvalue weighted by atomic mass is 10.2. The predicted molar refractivity (Wildman–Crippen MR) is 50.9 cm³/mol. The molecule has 2 nitrogen and oxygen atoms in total. The van der Waals surface area contributed by atoms with Gasteiger partial charge < -0.3 is 4.74 Å². The lowest BCUT2D eigenvalue weighted by Gasteiger charge is -1.94. The fourth-order valence-corrected chi connectivity index (χ4v) is 0.859. The minimum Gasteiger partial charge on any atom is -0.463 e. The number of ether oxygens (including phenoxy) is 1. The Kier molecular flexibility index (Phi) is 3.76. The van der Waals surface area contributed by atoms with Crippen LogP contribution >= 0.6 is 0 Å². The van der Waals surface area contributed by atoms with Crippen molar-refractivity contribution in [3.63, 3.8) is 0 Å². The molecule has 0 aliphatic heterocycles. The molecule has 0 unspecified atom stereocenters. The highest BCUT2D eigenvalue weighted by molar-refractivity contribution is 5.86. The molecule has 0 fully saturated rings. The fourth-order valence-electron chi connectivity index (χ4n) is 0.859. The van der Waals surface area contributed by atoms with Gasteiger partial charge in [-0.15, -0.1) is 0 Å². The number of hydrogen-bond donors (Lipinski definition) is 0. The molecule has 0 aromatic heterocycles. The van der Waals surface area contributed by atoms with Crippen molar-refractivity contribution < 1.29 is 9.53 Å². The summed E-state index contributed by atoms with van der Waals surface area (Å²) in [5.74, 6) is -0.320. The number of carbonyl (C=O) groups is 1. The summed E-state index contributed by atoms with van der Waals surface area (Å²) in [6.07, 6.45) is 3.08. The second-order valence-corrected chi connectivity index (χ2v) is 2.40. The first-order chi connectivity index (χ1) is 6.33. The first-order valence-corrected chi connectivity index (χ1v) is 4.14. The smallest absolute Gasteiger partial charge is 0.330 e. The Hall–Kier alpha value is -1.57. The van der Waals surface area contributed by atoms with E-state index >= 15 is 0 Å². The van der Waals surface area contributed by atoms with E-state index in [0.717, 1.165) is 5.56 Å². The monoisotopic (exact) mass is 175 g/mol. The molecular weight excluding hydrogens is 164 g/mol. The van der Waals surface area contributed by atoms with Gasteiger partial charge in [-0.25, -0.2) is 4.79 Å². The Morgan fingerprint density at radius 2 is 2.46 bits per heavy atom. The van der Waals surface area contributed by atoms with Crippen LogP contribution in [0.15, 0.2) is 30.3 Å². The maximum Gasteiger partial charge on any atom is 0.330 e. The van der Waals surface area contributed by atoms with Crippen LogP contribution in [0.25, 0.3) is 6.08 Å². The van der Waals surface area contributed by atoms with Crippen molar-refractivity contribution in [1.82, 2.24) is 0 Å². The molecule has 0 N–H and O–H groups in total. The number of esters is 1. The van der Waals surface area contributed by atoms with Gasteiger partial charge in [0.15, 0.2) is 0 Å². The molecular formula is C11H11O2. The summed E-state index contributed by atoms with van der Waals surface area (Å²) in [6, 6.07) is 10.4. The highest BCUT2D eigenvalue weighted by atomic mass is 16.5. The summed E-state index contributed by atoms with van der Waals surface area (Å²) in [6.45, 7) is 2.18. The van der Waals surface area contributed by atoms with Crippen molar-refractivity contribution in [3.05, 3.63) is 42.0 Å². The summed E-state index contributed by atoms with van der Waals surface area (Å²) in [5.41, 5.74) is 0.871. The van der Waals surface area contributed by atoms with Gasteiger partial charge in [0.2, 0.25) is 0 Å². The Balaban J connectivity index is 2.54. The third-order valence-corrected chi connectivity index (χ3v) is 1.42. The van der Waals surface area contributed by atoms with Crippen LogP contribution < -0.4 is 0 Å². The second kappa shape index (κ2) is 5.14. The van der Waals surface area contributed by atoms with Crippen LogP contribution in [0.1, 0.15) is 12.5 Å². The van der Waals surface area contributed by atoms with E-state index < -0.39 is 0 Å². The van der Waals surface area contributed by atoms with Crippen LogP contribution in [0.3, 0.4) is 0 Å². The molecule has 67 valence electrons. The lowest BCUT2D eigenvalue weighted by Crippen LogP contribution is -1.98. The number of benzene rings is 1. The lowest BCUT2D eigenvalue weighted by molar-refractivity contribution is -0.137. The van der Waals surface area contributed by atoms with E-state index in [1.807, 2.05) is 18.2 Å². The third kappa shape index (κ3) is 3.56. The van der Waals surface area contributed by atoms with Gasteiger partial charge in [0.1, 0.15) is 0 Å². The fraction of sp³-hybridized carbons (Fsp3) is 0.182. The molecule has 0 bridgehead atoms. The molecule has 13 heavy (non-hydrogen) atoms. The molecule has 1 radical (unpaired) electrons. The van der Waals surface area contributed by atoms with Crippen LogP contribution in [-0.4, -0.2) is 12.6 Å². The van der Waals surface area contributed by atoms with E-state index in [-0.39, 0.29) is 5.97 Å². The number of rotatable bonds is 3. The number of hydrogen-bond acceptors (Lipinski definition) is 2. The van der Waals surface area contributed by atoms with Gasteiger partial charge in [-0.1, -0.05) is 24.3 Å². The predicted octanol–water partition coefficient (Wildman–Crippen LogP) is 2.06. The zero-order valence-electron chi connectivity index (χ0n) is 7.49. The zero-order valence-corrected chi connectivity index (χ0v) is 7.49. The van der Waals surface area contributed by atoms with E-state index in [9.17, 15) is 4.79 Å². The maximum absolute atomic E-state index is 10.9. The number of carbonyl (C=O) groups excluding carboxylic acids is 1. The summed E-state index contributed by atoms with van der Waals surface area (Å²) >= 11 is 0. The molecule has 0 aliphatic carbocycles. The van der Waals surface area contributed by atoms with Crippen molar-refractivity contribution in [2.75, 3.05) is 6.61 Å². The Morgan fingerprint density at radius 3 is 3.08 bits per heavy atom. The third-order valence-electron chi connectivity index (χ3n) is 1.42. The minimum atomic E-state index is -0.320. The summed E-state index contributed by atoms with van der Waals surface area (Å²) < 4.78 is 4.72. The zero-order chi connectivity index (χ0) is 9.52. The van der Waals surface area contributed by atoms with E-state index in [4.69, 9.17) is 4.74 Å². The molecule has 0 atom stereocenters. The van der Waals surface area contributed by atoms with Gasteiger partial charge in [-0.05, 0) is 24.6 Å². The van der Waals surface area contributed by atoms with Crippen molar-refractivity contribution in [2.24, 2.45) is 0 Å². The van der Waals surface area contributed by atoms with Crippen molar-refractivity contribution in [1.29, 1.82) is 0 Å². The molecule has 0 aliphatic rings. The normalized spacial score (nSPS) is 10.2. The Bertz CT molecular complexity index is 288. The highest BCUT2D eigenvalue weighted by Gasteiger charge is 1.92. The van der Waals surface area contributed by atoms with E-state index in [1.165, 1.54) is 6.08 Å². The SMILES string of the molecule is CCOC(=O)/C=C/c1[c]cccc1. The highest BCUT2D eigenvalue weighted by Crippen LogP contribution is 1.99. The summed E-state index contributed by atoms with van der Waals surface area (Å²) in [7, 11) is 0. The quantitative estimate of drug-likeness (QED) is 0.519. The largest absolute Gasteiger partial charge is 0.463 e. The van der Waals surface area contributed by atoms with Crippen LogP contribution in [0.4, 0.5) is 0 Å². The molecule has 1 rings (SSSR count). The van der Waals surface area contributed by atoms with Crippen LogP contribution in [-0.2, 0) is 9.53 Å². The van der Waals surface area contributed by atoms with Crippen molar-refractivity contribution in [2.45, 2.75) is 6.92 Å². The van der Waals surface area contributed by atoms with Gasteiger partial charge in [0, 0.05) is 6.08 Å². The molecule has 0 heterocycles. The summed E-state index contributed by atoms with van der Waals surface area (Å²) in [4.78, 5) is 10.9. The Labute approximate surface area is 77.8 Å². The maximum atomic E-state index is 10.9. The van der Waals surface area contributed by atoms with Gasteiger partial charge in [0.25, 0.3) is 0 Å². The topological polar surface area (TPSA) is 26.3 Å². The van der Waals surface area contributed by atoms with Gasteiger partial charge in [0.05, 0.1) is 6.61 Å². The molecule has 2 heteroatoms. The standard InChI is InChI=1S/C11H11O2/c1-2-13-11(12)9-8-10-6-4-3-5-7-10/h3-6,8-9H,2H2,1H3/b9-8+. The first-order valence-electron chi connectivity index (χ1n) is 4.14. The van der Waals surface area contributed by atoms with Crippen molar-refractivity contribution in [3.8, 4) is 0 Å². The molecule has 1 aromatic rings. The summed E-state index contributed by atoms with van der Waals surface area (Å²) in [5, 5.41) is 0. The van der Waals surface area contributed by atoms with Crippen molar-refractivity contribution >= 4 is 12.0 Å². The molecule has 0 spiro atoms. The van der Waals surface area contributed by atoms with Crippen LogP contribution in [0.5, 0.6) is 0 Å². The molecule has 0 saturated heterocycles. The average Bonchev–Trinajstić information content (AvgIpc) is 2.17. The van der Waals surface area contributed by atoms with Crippen LogP contribution in [0, 0.1) is 6.07 Å². The molecule has 0 amide bonds. The average molecular weight is 175 g/mol. The van der Waals surface area contributed by atoms with Gasteiger partial charge in [-0.2, -0.15) is 0 Å². The van der Waals surface area contributed by atoms with Crippen LogP contribution in [0.2, 0.25) is 0 Å². The van der Waals surface area contributed by atoms with Gasteiger partial charge >= 0.3 is 5.97 Å². The van der Waals surface area contributed by atoms with E-state index in [0.29, 0.717) is 6.61 Å². The molecule has 0 saturated carbocycles. The Morgan fingerprint density at radius 1 is 1.62 bits per heavy atom. The second-order valence-electron chi connectivity index (χ2n) is 2.40. The van der Waals surface area contributed by atoms with E-state index in [2.05, 4.69) is 6.07 Å².